The normalized spacial score (nSPS) is 37.5. The Morgan fingerprint density at radius 3 is 2.34 bits per heavy atom. The maximum Gasteiger partial charge on any atom is 0.333 e. The quantitative estimate of drug-likeness (QED) is 0.243. The SMILES string of the molecule is C=C(C)C1(OO)CC2C(C)(CCC(OC(=O)C(C)=CC)C2(C)OC(C)=O)CC1=O. The molecule has 7 nitrogen and oxygen atoms in total. The van der Waals surface area contributed by atoms with Crippen LogP contribution >= 0.6 is 0 Å². The third-order valence-corrected chi connectivity index (χ3v) is 6.87. The molecule has 2 aliphatic rings. The molecule has 0 aromatic heterocycles. The molecule has 2 rings (SSSR count). The summed E-state index contributed by atoms with van der Waals surface area (Å²) in [6.45, 7) is 13.9. The molecule has 0 saturated heterocycles. The molecule has 162 valence electrons. The predicted molar refractivity (Wildman–Crippen MR) is 106 cm³/mol. The Bertz CT molecular complexity index is 754. The van der Waals surface area contributed by atoms with Gasteiger partial charge in [0.05, 0.1) is 0 Å². The van der Waals surface area contributed by atoms with Gasteiger partial charge in [-0.25, -0.2) is 9.68 Å². The second kappa shape index (κ2) is 8.03. The number of fused-ring (bicyclic) bond motifs is 1. The molecular weight excluding hydrogens is 376 g/mol. The van der Waals surface area contributed by atoms with E-state index >= 15 is 0 Å². The highest BCUT2D eigenvalue weighted by atomic mass is 17.1. The average Bonchev–Trinajstić information content (AvgIpc) is 2.62. The summed E-state index contributed by atoms with van der Waals surface area (Å²) in [4.78, 5) is 42.1. The average molecular weight is 408 g/mol. The van der Waals surface area contributed by atoms with Crippen molar-refractivity contribution in [1.82, 2.24) is 0 Å². The first-order valence-corrected chi connectivity index (χ1v) is 9.91. The number of carbonyl (C=O) groups is 3. The molecule has 7 heteroatoms. The fraction of sp³-hybridized carbons (Fsp3) is 0.682. The summed E-state index contributed by atoms with van der Waals surface area (Å²) in [6, 6.07) is 0. The molecule has 0 heterocycles. The second-order valence-corrected chi connectivity index (χ2v) is 8.89. The number of allylic oxidation sites excluding steroid dienone is 1. The van der Waals surface area contributed by atoms with Crippen LogP contribution in [0.4, 0.5) is 0 Å². The third kappa shape index (κ3) is 3.90. The molecule has 2 saturated carbocycles. The minimum Gasteiger partial charge on any atom is -0.455 e. The van der Waals surface area contributed by atoms with E-state index in [1.807, 2.05) is 6.92 Å². The maximum absolute atomic E-state index is 12.9. The van der Waals surface area contributed by atoms with Gasteiger partial charge in [0.1, 0.15) is 11.7 Å². The van der Waals surface area contributed by atoms with Crippen LogP contribution in [0, 0.1) is 11.3 Å². The number of carbonyl (C=O) groups excluding carboxylic acids is 3. The van der Waals surface area contributed by atoms with Gasteiger partial charge in [0, 0.05) is 24.8 Å². The summed E-state index contributed by atoms with van der Waals surface area (Å²) in [5.41, 5.74) is -2.44. The number of ketones is 1. The molecule has 0 aliphatic heterocycles. The lowest BCUT2D eigenvalue weighted by Crippen LogP contribution is -2.65. The Kier molecular flexibility index (Phi) is 6.45. The predicted octanol–water partition coefficient (Wildman–Crippen LogP) is 3.77. The molecule has 5 unspecified atom stereocenters. The topological polar surface area (TPSA) is 99.1 Å². The zero-order valence-corrected chi connectivity index (χ0v) is 18.2. The molecule has 5 atom stereocenters. The van der Waals surface area contributed by atoms with Gasteiger partial charge in [-0.05, 0) is 57.9 Å². The van der Waals surface area contributed by atoms with E-state index in [1.165, 1.54) is 6.92 Å². The third-order valence-electron chi connectivity index (χ3n) is 6.87. The van der Waals surface area contributed by atoms with Crippen molar-refractivity contribution < 1.29 is 34.0 Å². The molecule has 1 N–H and O–H groups in total. The Morgan fingerprint density at radius 1 is 1.24 bits per heavy atom. The van der Waals surface area contributed by atoms with Gasteiger partial charge in [0.15, 0.2) is 11.4 Å². The number of rotatable bonds is 5. The van der Waals surface area contributed by atoms with Gasteiger partial charge in [-0.15, -0.1) is 0 Å². The van der Waals surface area contributed by atoms with Gasteiger partial charge in [0.2, 0.25) is 0 Å². The highest BCUT2D eigenvalue weighted by molar-refractivity contribution is 5.92. The molecule has 0 amide bonds. The van der Waals surface area contributed by atoms with Gasteiger partial charge in [-0.1, -0.05) is 19.6 Å². The van der Waals surface area contributed by atoms with E-state index in [1.54, 1.807) is 33.8 Å². The van der Waals surface area contributed by atoms with E-state index < -0.39 is 40.6 Å². The van der Waals surface area contributed by atoms with E-state index in [2.05, 4.69) is 6.58 Å². The van der Waals surface area contributed by atoms with Crippen molar-refractivity contribution in [2.75, 3.05) is 0 Å². The Hall–Kier alpha value is -1.99. The van der Waals surface area contributed by atoms with Crippen LogP contribution in [0.2, 0.25) is 0 Å². The van der Waals surface area contributed by atoms with E-state index in [4.69, 9.17) is 14.4 Å². The summed E-state index contributed by atoms with van der Waals surface area (Å²) >= 11 is 0. The van der Waals surface area contributed by atoms with Crippen LogP contribution in [0.1, 0.15) is 67.2 Å². The summed E-state index contributed by atoms with van der Waals surface area (Å²) in [6.07, 6.45) is 2.23. The maximum atomic E-state index is 12.9. The minimum absolute atomic E-state index is 0.0780. The van der Waals surface area contributed by atoms with E-state index in [9.17, 15) is 19.6 Å². The number of ether oxygens (including phenoxy) is 2. The number of Topliss-reactive ketones (excluding diaryl/α,β-unsaturated/α-hetero) is 1. The molecule has 29 heavy (non-hydrogen) atoms. The summed E-state index contributed by atoms with van der Waals surface area (Å²) in [5, 5.41) is 9.64. The van der Waals surface area contributed by atoms with Crippen LogP contribution in [0.5, 0.6) is 0 Å². The van der Waals surface area contributed by atoms with Crippen LogP contribution in [0.15, 0.2) is 23.8 Å². The number of hydrogen-bond acceptors (Lipinski definition) is 7. The molecule has 2 aliphatic carbocycles. The highest BCUT2D eigenvalue weighted by Crippen LogP contribution is 2.58. The first-order valence-electron chi connectivity index (χ1n) is 9.91. The second-order valence-electron chi connectivity index (χ2n) is 8.89. The van der Waals surface area contributed by atoms with Crippen molar-refractivity contribution in [1.29, 1.82) is 0 Å². The van der Waals surface area contributed by atoms with Crippen molar-refractivity contribution >= 4 is 17.7 Å². The van der Waals surface area contributed by atoms with E-state index in [0.29, 0.717) is 24.0 Å². The molecule has 2 fully saturated rings. The first-order chi connectivity index (χ1) is 13.4. The van der Waals surface area contributed by atoms with E-state index in [-0.39, 0.29) is 18.6 Å². The summed E-state index contributed by atoms with van der Waals surface area (Å²) in [5.74, 6) is -1.64. The van der Waals surface area contributed by atoms with Crippen molar-refractivity contribution in [2.45, 2.75) is 84.5 Å². The van der Waals surface area contributed by atoms with Gasteiger partial charge in [-0.3, -0.25) is 14.8 Å². The first kappa shape index (κ1) is 23.3. The van der Waals surface area contributed by atoms with Crippen LogP contribution in [-0.4, -0.2) is 40.3 Å². The molecule has 0 aromatic rings. The summed E-state index contributed by atoms with van der Waals surface area (Å²) < 4.78 is 11.5. The molecule has 0 radical (unpaired) electrons. The Balaban J connectivity index is 2.53. The van der Waals surface area contributed by atoms with Crippen molar-refractivity contribution in [3.63, 3.8) is 0 Å². The Morgan fingerprint density at radius 2 is 1.86 bits per heavy atom. The molecule has 0 aromatic carbocycles. The fourth-order valence-corrected chi connectivity index (χ4v) is 4.95. The van der Waals surface area contributed by atoms with Crippen LogP contribution in [-0.2, 0) is 28.7 Å². The van der Waals surface area contributed by atoms with Gasteiger partial charge >= 0.3 is 11.9 Å². The number of esters is 2. The van der Waals surface area contributed by atoms with Crippen LogP contribution in [0.3, 0.4) is 0 Å². The van der Waals surface area contributed by atoms with Crippen molar-refractivity contribution in [2.24, 2.45) is 11.3 Å². The molecular formula is C22H32O7. The van der Waals surface area contributed by atoms with Gasteiger partial charge < -0.3 is 9.47 Å². The van der Waals surface area contributed by atoms with Crippen LogP contribution < -0.4 is 0 Å². The monoisotopic (exact) mass is 408 g/mol. The Labute approximate surface area is 172 Å². The summed E-state index contributed by atoms with van der Waals surface area (Å²) in [7, 11) is 0. The fourth-order valence-electron chi connectivity index (χ4n) is 4.95. The van der Waals surface area contributed by atoms with Crippen molar-refractivity contribution in [3.8, 4) is 0 Å². The lowest BCUT2D eigenvalue weighted by molar-refractivity contribution is -0.319. The van der Waals surface area contributed by atoms with Gasteiger partial charge in [-0.2, -0.15) is 0 Å². The lowest BCUT2D eigenvalue weighted by Gasteiger charge is -2.58. The minimum atomic E-state index is -1.57. The smallest absolute Gasteiger partial charge is 0.333 e. The highest BCUT2D eigenvalue weighted by Gasteiger charge is 2.65. The molecule has 0 bridgehead atoms. The zero-order chi connectivity index (χ0) is 22.2. The number of hydrogen-bond donors (Lipinski definition) is 1. The van der Waals surface area contributed by atoms with Crippen molar-refractivity contribution in [3.05, 3.63) is 23.8 Å². The van der Waals surface area contributed by atoms with Gasteiger partial charge in [0.25, 0.3) is 0 Å². The lowest BCUT2D eigenvalue weighted by atomic mass is 9.51. The van der Waals surface area contributed by atoms with Crippen LogP contribution in [0.25, 0.3) is 0 Å². The zero-order valence-electron chi connectivity index (χ0n) is 18.2. The molecule has 0 spiro atoms. The van der Waals surface area contributed by atoms with E-state index in [0.717, 1.165) is 0 Å². The largest absolute Gasteiger partial charge is 0.455 e. The standard InChI is InChI=1S/C22H32O7/c1-8-14(4)19(25)27-18-9-10-20(6)12-17(24)22(29-26,13(2)3)11-16(20)21(18,7)28-15(5)23/h8,16,18,26H,2,9-12H2,1,3-7H3.